The van der Waals surface area contributed by atoms with Crippen LogP contribution in [0.2, 0.25) is 0 Å². The van der Waals surface area contributed by atoms with E-state index >= 15 is 0 Å². The van der Waals surface area contributed by atoms with E-state index in [4.69, 9.17) is 12.2 Å². The van der Waals surface area contributed by atoms with E-state index in [0.29, 0.717) is 22.1 Å². The minimum atomic E-state index is -3.69. The van der Waals surface area contributed by atoms with E-state index in [1.54, 1.807) is 48.5 Å². The van der Waals surface area contributed by atoms with Crippen molar-refractivity contribution in [3.05, 3.63) is 83.9 Å². The van der Waals surface area contributed by atoms with Crippen LogP contribution in [0.4, 0.5) is 17.1 Å². The zero-order chi connectivity index (χ0) is 21.7. The van der Waals surface area contributed by atoms with E-state index < -0.39 is 10.0 Å². The highest BCUT2D eigenvalue weighted by Gasteiger charge is 2.15. The molecule has 0 spiro atoms. The van der Waals surface area contributed by atoms with Gasteiger partial charge in [0.15, 0.2) is 10.9 Å². The normalized spacial score (nSPS) is 10.9. The molecular weight excluding hydrogens is 418 g/mol. The number of hydrogen-bond donors (Lipinski definition) is 3. The topological polar surface area (TPSA) is 87.3 Å². The molecule has 0 saturated carbocycles. The van der Waals surface area contributed by atoms with Crippen molar-refractivity contribution in [2.75, 3.05) is 15.4 Å². The molecule has 0 amide bonds. The average Bonchev–Trinajstić information content (AvgIpc) is 2.70. The Bertz CT molecular complexity index is 1170. The van der Waals surface area contributed by atoms with Crippen molar-refractivity contribution in [3.8, 4) is 0 Å². The predicted octanol–water partition coefficient (Wildman–Crippen LogP) is 4.81. The van der Waals surface area contributed by atoms with Gasteiger partial charge in [0.1, 0.15) is 0 Å². The van der Waals surface area contributed by atoms with Crippen molar-refractivity contribution in [2.24, 2.45) is 0 Å². The van der Waals surface area contributed by atoms with Gasteiger partial charge in [-0.05, 0) is 86.2 Å². The van der Waals surface area contributed by atoms with Crippen molar-refractivity contribution < 1.29 is 13.2 Å². The molecule has 0 fully saturated rings. The second-order valence-electron chi connectivity index (χ2n) is 6.66. The van der Waals surface area contributed by atoms with Gasteiger partial charge < -0.3 is 10.6 Å². The number of thiocarbonyl (C=S) groups is 1. The number of carbonyl (C=O) groups is 1. The number of carbonyl (C=O) groups excluding carboxylic acids is 1. The fourth-order valence-corrected chi connectivity index (χ4v) is 4.06. The van der Waals surface area contributed by atoms with E-state index in [-0.39, 0.29) is 10.7 Å². The summed E-state index contributed by atoms with van der Waals surface area (Å²) in [6, 6.07) is 20.4. The molecule has 154 valence electrons. The number of rotatable bonds is 6. The molecule has 3 rings (SSSR count). The van der Waals surface area contributed by atoms with Crippen LogP contribution in [0.5, 0.6) is 0 Å². The molecule has 0 atom stereocenters. The molecule has 0 unspecified atom stereocenters. The highest BCUT2D eigenvalue weighted by molar-refractivity contribution is 7.92. The third-order valence-electron chi connectivity index (χ3n) is 4.36. The number of Topliss-reactive ketones (excluding diaryl/α,β-unsaturated/α-hetero) is 1. The summed E-state index contributed by atoms with van der Waals surface area (Å²) in [7, 11) is -3.69. The van der Waals surface area contributed by atoms with Crippen LogP contribution < -0.4 is 15.4 Å². The Kier molecular flexibility index (Phi) is 6.49. The second-order valence-corrected chi connectivity index (χ2v) is 8.75. The van der Waals surface area contributed by atoms with Crippen LogP contribution in [0.15, 0.2) is 77.7 Å². The minimum absolute atomic E-state index is 0.00536. The molecule has 0 saturated heterocycles. The number of ketones is 1. The first-order valence-electron chi connectivity index (χ1n) is 9.12. The molecule has 3 N–H and O–H groups in total. The molecule has 0 heterocycles. The van der Waals surface area contributed by atoms with Gasteiger partial charge in [-0.25, -0.2) is 8.42 Å². The van der Waals surface area contributed by atoms with E-state index in [9.17, 15) is 13.2 Å². The molecule has 0 aliphatic carbocycles. The van der Waals surface area contributed by atoms with E-state index in [1.807, 2.05) is 19.1 Å². The van der Waals surface area contributed by atoms with Gasteiger partial charge in [-0.1, -0.05) is 18.2 Å². The van der Waals surface area contributed by atoms with Crippen LogP contribution in [0.25, 0.3) is 0 Å². The second kappa shape index (κ2) is 9.06. The molecular formula is C22H21N3O3S2. The highest BCUT2D eigenvalue weighted by atomic mass is 32.2. The molecule has 0 aromatic heterocycles. The SMILES string of the molecule is CC(=O)c1ccc(NC(=S)Nc2ccc(S(=O)(=O)Nc3ccccc3C)cc2)cc1. The maximum absolute atomic E-state index is 12.6. The number of nitrogens with one attached hydrogen (secondary N) is 3. The highest BCUT2D eigenvalue weighted by Crippen LogP contribution is 2.21. The van der Waals surface area contributed by atoms with Crippen molar-refractivity contribution in [1.82, 2.24) is 0 Å². The number of hydrogen-bond acceptors (Lipinski definition) is 4. The van der Waals surface area contributed by atoms with Crippen molar-refractivity contribution >= 4 is 50.2 Å². The largest absolute Gasteiger partial charge is 0.332 e. The van der Waals surface area contributed by atoms with Crippen LogP contribution in [0.1, 0.15) is 22.8 Å². The Hall–Kier alpha value is -3.23. The Morgan fingerprint density at radius 2 is 1.37 bits per heavy atom. The summed E-state index contributed by atoms with van der Waals surface area (Å²) in [5.74, 6) is -0.00536. The Balaban J connectivity index is 1.64. The van der Waals surface area contributed by atoms with Crippen LogP contribution >= 0.6 is 12.2 Å². The quantitative estimate of drug-likeness (QED) is 0.377. The molecule has 6 nitrogen and oxygen atoms in total. The third kappa shape index (κ3) is 5.43. The Morgan fingerprint density at radius 1 is 0.833 bits per heavy atom. The number of aryl methyl sites for hydroxylation is 1. The van der Waals surface area contributed by atoms with Crippen LogP contribution in [-0.2, 0) is 10.0 Å². The molecule has 0 radical (unpaired) electrons. The van der Waals surface area contributed by atoms with Gasteiger partial charge in [-0.15, -0.1) is 0 Å². The lowest BCUT2D eigenvalue weighted by Crippen LogP contribution is -2.19. The van der Waals surface area contributed by atoms with Gasteiger partial charge in [0.2, 0.25) is 0 Å². The van der Waals surface area contributed by atoms with Gasteiger partial charge in [0.25, 0.3) is 10.0 Å². The number of anilines is 3. The first-order chi connectivity index (χ1) is 14.2. The molecule has 3 aromatic rings. The van der Waals surface area contributed by atoms with E-state index in [0.717, 1.165) is 11.3 Å². The Labute approximate surface area is 181 Å². The molecule has 8 heteroatoms. The third-order valence-corrected chi connectivity index (χ3v) is 5.95. The van der Waals surface area contributed by atoms with Crippen molar-refractivity contribution in [3.63, 3.8) is 0 Å². The number of para-hydroxylation sites is 1. The average molecular weight is 440 g/mol. The van der Waals surface area contributed by atoms with Crippen molar-refractivity contribution in [1.29, 1.82) is 0 Å². The summed E-state index contributed by atoms with van der Waals surface area (Å²) in [5, 5.41) is 6.37. The fourth-order valence-electron chi connectivity index (χ4n) is 2.69. The lowest BCUT2D eigenvalue weighted by molar-refractivity contribution is 0.101. The lowest BCUT2D eigenvalue weighted by Gasteiger charge is -2.13. The van der Waals surface area contributed by atoms with Gasteiger partial charge in [0, 0.05) is 16.9 Å². The smallest absolute Gasteiger partial charge is 0.261 e. The van der Waals surface area contributed by atoms with E-state index in [1.165, 1.54) is 19.1 Å². The van der Waals surface area contributed by atoms with E-state index in [2.05, 4.69) is 15.4 Å². The molecule has 0 aliphatic heterocycles. The molecule has 0 aliphatic rings. The van der Waals surface area contributed by atoms with Gasteiger partial charge in [-0.3, -0.25) is 9.52 Å². The van der Waals surface area contributed by atoms with Crippen LogP contribution in [0, 0.1) is 6.92 Å². The summed E-state index contributed by atoms with van der Waals surface area (Å²) in [6.45, 7) is 3.35. The first-order valence-corrected chi connectivity index (χ1v) is 11.0. The number of benzene rings is 3. The molecule has 30 heavy (non-hydrogen) atoms. The number of sulfonamides is 1. The van der Waals surface area contributed by atoms with Gasteiger partial charge >= 0.3 is 0 Å². The van der Waals surface area contributed by atoms with Gasteiger partial charge in [-0.2, -0.15) is 0 Å². The molecule has 3 aromatic carbocycles. The fraction of sp³-hybridized carbons (Fsp3) is 0.0909. The van der Waals surface area contributed by atoms with Gasteiger partial charge in [0.05, 0.1) is 10.6 Å². The maximum Gasteiger partial charge on any atom is 0.261 e. The van der Waals surface area contributed by atoms with Crippen LogP contribution in [0.3, 0.4) is 0 Å². The summed E-state index contributed by atoms with van der Waals surface area (Å²) in [5.41, 5.74) is 3.38. The van der Waals surface area contributed by atoms with Crippen molar-refractivity contribution in [2.45, 2.75) is 18.7 Å². The predicted molar refractivity (Wildman–Crippen MR) is 125 cm³/mol. The standard InChI is InChI=1S/C22H21N3O3S2/c1-15-5-3-4-6-21(15)25-30(27,28)20-13-11-19(12-14-20)24-22(29)23-18-9-7-17(8-10-18)16(2)26/h3-14,25H,1-2H3,(H2,23,24,29). The zero-order valence-corrected chi connectivity index (χ0v) is 18.1. The lowest BCUT2D eigenvalue weighted by atomic mass is 10.1. The molecule has 0 bridgehead atoms. The summed E-state index contributed by atoms with van der Waals surface area (Å²) >= 11 is 5.29. The zero-order valence-electron chi connectivity index (χ0n) is 16.5. The first kappa shape index (κ1) is 21.5. The monoisotopic (exact) mass is 439 g/mol. The summed E-state index contributed by atoms with van der Waals surface area (Å²) < 4.78 is 27.8. The minimum Gasteiger partial charge on any atom is -0.332 e. The summed E-state index contributed by atoms with van der Waals surface area (Å²) in [6.07, 6.45) is 0. The summed E-state index contributed by atoms with van der Waals surface area (Å²) in [4.78, 5) is 11.5. The maximum atomic E-state index is 12.6. The van der Waals surface area contributed by atoms with Crippen LogP contribution in [-0.4, -0.2) is 19.3 Å². The Morgan fingerprint density at radius 3 is 1.90 bits per heavy atom.